The maximum atomic E-state index is 12.8. The van der Waals surface area contributed by atoms with Crippen molar-refractivity contribution < 1.29 is 9.53 Å². The second-order valence-electron chi connectivity index (χ2n) is 5.93. The first-order valence-electron chi connectivity index (χ1n) is 7.50. The van der Waals surface area contributed by atoms with Crippen LogP contribution in [-0.4, -0.2) is 53.3 Å². The van der Waals surface area contributed by atoms with Crippen LogP contribution in [0.5, 0.6) is 0 Å². The molecule has 0 aromatic carbocycles. The summed E-state index contributed by atoms with van der Waals surface area (Å²) in [5, 5.41) is 10.6. The average molecular weight is 276 g/mol. The minimum atomic E-state index is 0.0754. The van der Waals surface area contributed by atoms with E-state index in [9.17, 15) is 4.79 Å². The fourth-order valence-electron chi connectivity index (χ4n) is 3.28. The number of ether oxygens (including phenoxy) is 1. The average Bonchev–Trinajstić information content (AvgIpc) is 3.26. The molecule has 1 saturated carbocycles. The molecular formula is C14H20N4O2. The molecule has 4 rings (SSSR count). The first-order valence-corrected chi connectivity index (χ1v) is 7.50. The van der Waals surface area contributed by atoms with Crippen LogP contribution in [-0.2, 0) is 17.7 Å². The second-order valence-corrected chi connectivity index (χ2v) is 5.93. The summed E-state index contributed by atoms with van der Waals surface area (Å²) >= 11 is 0. The quantitative estimate of drug-likeness (QED) is 0.815. The minimum Gasteiger partial charge on any atom is -0.377 e. The number of carbonyl (C=O) groups excluding carboxylic acids is 1. The highest BCUT2D eigenvalue weighted by atomic mass is 16.5. The number of hydrogen-bond acceptors (Lipinski definition) is 4. The summed E-state index contributed by atoms with van der Waals surface area (Å²) in [7, 11) is 0. The summed E-state index contributed by atoms with van der Waals surface area (Å²) in [5.74, 6) is 0.707. The number of fused-ring (bicyclic) bond motifs is 1. The Morgan fingerprint density at radius 1 is 1.40 bits per heavy atom. The molecule has 3 heterocycles. The van der Waals surface area contributed by atoms with Crippen LogP contribution in [0, 0.1) is 5.92 Å². The molecule has 1 amide bonds. The predicted molar refractivity (Wildman–Crippen MR) is 72.4 cm³/mol. The van der Waals surface area contributed by atoms with Crippen molar-refractivity contribution in [2.24, 2.45) is 5.92 Å². The van der Waals surface area contributed by atoms with Crippen LogP contribution < -0.4 is 5.32 Å². The Morgan fingerprint density at radius 3 is 3.15 bits per heavy atom. The maximum Gasteiger partial charge on any atom is 0.275 e. The molecular weight excluding hydrogens is 256 g/mol. The van der Waals surface area contributed by atoms with Gasteiger partial charge in [0, 0.05) is 37.3 Å². The zero-order valence-electron chi connectivity index (χ0n) is 11.5. The van der Waals surface area contributed by atoms with Crippen LogP contribution in [0.25, 0.3) is 0 Å². The van der Waals surface area contributed by atoms with Gasteiger partial charge in [0.15, 0.2) is 5.69 Å². The summed E-state index contributed by atoms with van der Waals surface area (Å²) in [4.78, 5) is 14.8. The molecule has 0 bridgehead atoms. The van der Waals surface area contributed by atoms with Crippen molar-refractivity contribution >= 4 is 5.91 Å². The molecule has 1 aromatic rings. The molecule has 3 aliphatic rings. The summed E-state index contributed by atoms with van der Waals surface area (Å²) in [5.41, 5.74) is 2.78. The van der Waals surface area contributed by atoms with E-state index in [0.717, 1.165) is 30.8 Å². The van der Waals surface area contributed by atoms with E-state index in [1.807, 2.05) is 4.90 Å². The van der Waals surface area contributed by atoms with Gasteiger partial charge in [0.1, 0.15) is 0 Å². The van der Waals surface area contributed by atoms with Gasteiger partial charge in [-0.15, -0.1) is 0 Å². The molecule has 1 unspecified atom stereocenters. The highest BCUT2D eigenvalue weighted by molar-refractivity contribution is 5.94. The largest absolute Gasteiger partial charge is 0.377 e. The van der Waals surface area contributed by atoms with Crippen LogP contribution in [0.15, 0.2) is 0 Å². The molecule has 1 aliphatic carbocycles. The lowest BCUT2D eigenvalue weighted by Crippen LogP contribution is -2.50. The number of aromatic nitrogens is 2. The molecule has 1 aromatic heterocycles. The topological polar surface area (TPSA) is 70.2 Å². The molecule has 20 heavy (non-hydrogen) atoms. The van der Waals surface area contributed by atoms with Crippen LogP contribution in [0.4, 0.5) is 0 Å². The lowest BCUT2D eigenvalue weighted by atomic mass is 10.0. The maximum absolute atomic E-state index is 12.8. The number of carbonyl (C=O) groups is 1. The van der Waals surface area contributed by atoms with E-state index in [4.69, 9.17) is 4.74 Å². The highest BCUT2D eigenvalue weighted by Crippen LogP contribution is 2.37. The first-order chi connectivity index (χ1) is 9.84. The van der Waals surface area contributed by atoms with Gasteiger partial charge in [0.25, 0.3) is 5.91 Å². The van der Waals surface area contributed by atoms with Gasteiger partial charge < -0.3 is 15.0 Å². The SMILES string of the molecule is O=C(c1n[nH]c2c1CNCC2)N1CCOCC1C1CC1. The predicted octanol–water partition coefficient (Wildman–Crippen LogP) is 0.306. The van der Waals surface area contributed by atoms with E-state index < -0.39 is 0 Å². The lowest BCUT2D eigenvalue weighted by molar-refractivity contribution is -0.00870. The van der Waals surface area contributed by atoms with Crippen LogP contribution in [0.2, 0.25) is 0 Å². The second kappa shape index (κ2) is 4.86. The molecule has 6 nitrogen and oxygen atoms in total. The number of nitrogens with one attached hydrogen (secondary N) is 2. The van der Waals surface area contributed by atoms with Gasteiger partial charge in [-0.3, -0.25) is 9.89 Å². The van der Waals surface area contributed by atoms with Crippen LogP contribution in [0.1, 0.15) is 34.6 Å². The monoisotopic (exact) mass is 276 g/mol. The Kier molecular flexibility index (Phi) is 3.00. The van der Waals surface area contributed by atoms with Gasteiger partial charge in [-0.1, -0.05) is 0 Å². The van der Waals surface area contributed by atoms with Crippen molar-refractivity contribution in [1.82, 2.24) is 20.4 Å². The molecule has 6 heteroatoms. The number of nitrogens with zero attached hydrogens (tertiary/aromatic N) is 2. The van der Waals surface area contributed by atoms with Gasteiger partial charge in [0.2, 0.25) is 0 Å². The van der Waals surface area contributed by atoms with Crippen LogP contribution in [0.3, 0.4) is 0 Å². The van der Waals surface area contributed by atoms with Crippen molar-refractivity contribution in [2.75, 3.05) is 26.3 Å². The van der Waals surface area contributed by atoms with Crippen molar-refractivity contribution in [3.8, 4) is 0 Å². The number of rotatable bonds is 2. The number of aromatic amines is 1. The lowest BCUT2D eigenvalue weighted by Gasteiger charge is -2.35. The summed E-state index contributed by atoms with van der Waals surface area (Å²) in [6, 6.07) is 0.250. The van der Waals surface area contributed by atoms with Crippen LogP contribution >= 0.6 is 0 Å². The molecule has 0 radical (unpaired) electrons. The molecule has 2 fully saturated rings. The Morgan fingerprint density at radius 2 is 2.30 bits per heavy atom. The zero-order valence-corrected chi connectivity index (χ0v) is 11.5. The molecule has 1 atom stereocenters. The standard InChI is InChI=1S/C14H20N4O2/c19-14(13-10-7-15-4-3-11(10)16-17-13)18-5-6-20-8-12(18)9-1-2-9/h9,12,15H,1-8H2,(H,16,17). The third-order valence-corrected chi connectivity index (χ3v) is 4.60. The molecule has 2 N–H and O–H groups in total. The molecule has 2 aliphatic heterocycles. The normalized spacial score (nSPS) is 26.4. The van der Waals surface area contributed by atoms with Gasteiger partial charge in [0.05, 0.1) is 19.3 Å². The van der Waals surface area contributed by atoms with Gasteiger partial charge in [-0.25, -0.2) is 0 Å². The third kappa shape index (κ3) is 2.03. The Bertz CT molecular complexity index is 523. The van der Waals surface area contributed by atoms with E-state index in [-0.39, 0.29) is 11.9 Å². The highest BCUT2D eigenvalue weighted by Gasteiger charge is 2.40. The zero-order chi connectivity index (χ0) is 13.5. The van der Waals surface area contributed by atoms with E-state index in [1.54, 1.807) is 0 Å². The fourth-order valence-corrected chi connectivity index (χ4v) is 3.28. The van der Waals surface area contributed by atoms with Crippen molar-refractivity contribution in [3.63, 3.8) is 0 Å². The number of H-pyrrole nitrogens is 1. The van der Waals surface area contributed by atoms with Gasteiger partial charge in [-0.05, 0) is 18.8 Å². The Labute approximate surface area is 117 Å². The van der Waals surface area contributed by atoms with Crippen molar-refractivity contribution in [3.05, 3.63) is 17.0 Å². The fraction of sp³-hybridized carbons (Fsp3) is 0.714. The van der Waals surface area contributed by atoms with E-state index in [2.05, 4.69) is 15.5 Å². The molecule has 108 valence electrons. The first kappa shape index (κ1) is 12.3. The number of morpholine rings is 1. The van der Waals surface area contributed by atoms with Crippen molar-refractivity contribution in [1.29, 1.82) is 0 Å². The number of hydrogen-bond donors (Lipinski definition) is 2. The van der Waals surface area contributed by atoms with E-state index in [1.165, 1.54) is 12.8 Å². The Balaban J connectivity index is 1.60. The smallest absolute Gasteiger partial charge is 0.275 e. The third-order valence-electron chi connectivity index (χ3n) is 4.60. The Hall–Kier alpha value is -1.40. The molecule has 1 saturated heterocycles. The van der Waals surface area contributed by atoms with E-state index >= 15 is 0 Å². The minimum absolute atomic E-state index is 0.0754. The molecule has 0 spiro atoms. The van der Waals surface area contributed by atoms with E-state index in [0.29, 0.717) is 31.4 Å². The summed E-state index contributed by atoms with van der Waals surface area (Å²) in [6.45, 7) is 3.70. The summed E-state index contributed by atoms with van der Waals surface area (Å²) < 4.78 is 5.56. The number of amides is 1. The van der Waals surface area contributed by atoms with Gasteiger partial charge >= 0.3 is 0 Å². The van der Waals surface area contributed by atoms with Crippen molar-refractivity contribution in [2.45, 2.75) is 31.8 Å². The van der Waals surface area contributed by atoms with Gasteiger partial charge in [-0.2, -0.15) is 5.10 Å². The summed E-state index contributed by atoms with van der Waals surface area (Å²) in [6.07, 6.45) is 3.36.